The van der Waals surface area contributed by atoms with Crippen LogP contribution in [0, 0.1) is 5.92 Å². The number of amides is 1. The van der Waals surface area contributed by atoms with Gasteiger partial charge in [-0.15, -0.1) is 0 Å². The van der Waals surface area contributed by atoms with Gasteiger partial charge in [0.2, 0.25) is 5.91 Å². The van der Waals surface area contributed by atoms with Crippen molar-refractivity contribution in [2.24, 2.45) is 5.92 Å². The van der Waals surface area contributed by atoms with E-state index in [9.17, 15) is 4.79 Å². The SMILES string of the molecule is CCNC(=O)CCOc1ccccc1CNCC(C)C. The van der Waals surface area contributed by atoms with Gasteiger partial charge in [-0.25, -0.2) is 0 Å². The smallest absolute Gasteiger partial charge is 0.223 e. The van der Waals surface area contributed by atoms with E-state index in [1.54, 1.807) is 0 Å². The molecule has 1 aromatic carbocycles. The van der Waals surface area contributed by atoms with Crippen LogP contribution in [0.1, 0.15) is 32.8 Å². The molecule has 0 saturated carbocycles. The fourth-order valence-corrected chi connectivity index (χ4v) is 1.83. The maximum absolute atomic E-state index is 11.4. The summed E-state index contributed by atoms with van der Waals surface area (Å²) < 4.78 is 5.71. The molecule has 0 aromatic heterocycles. The summed E-state index contributed by atoms with van der Waals surface area (Å²) in [5.41, 5.74) is 1.13. The van der Waals surface area contributed by atoms with Gasteiger partial charge in [-0.1, -0.05) is 32.0 Å². The van der Waals surface area contributed by atoms with Gasteiger partial charge in [0.1, 0.15) is 5.75 Å². The van der Waals surface area contributed by atoms with E-state index in [1.807, 2.05) is 25.1 Å². The second-order valence-electron chi connectivity index (χ2n) is 5.18. The number of carbonyl (C=O) groups is 1. The molecule has 0 spiro atoms. The minimum absolute atomic E-state index is 0.0305. The molecule has 0 fully saturated rings. The fraction of sp³-hybridized carbons (Fsp3) is 0.562. The van der Waals surface area contributed by atoms with Gasteiger partial charge >= 0.3 is 0 Å². The molecule has 0 bridgehead atoms. The van der Waals surface area contributed by atoms with Crippen molar-refractivity contribution in [2.75, 3.05) is 19.7 Å². The molecular weight excluding hydrogens is 252 g/mol. The van der Waals surface area contributed by atoms with Crippen molar-refractivity contribution in [1.82, 2.24) is 10.6 Å². The molecule has 1 aromatic rings. The van der Waals surface area contributed by atoms with Crippen LogP contribution in [0.15, 0.2) is 24.3 Å². The lowest BCUT2D eigenvalue weighted by molar-refractivity contribution is -0.121. The van der Waals surface area contributed by atoms with E-state index in [2.05, 4.69) is 30.5 Å². The van der Waals surface area contributed by atoms with Gasteiger partial charge in [-0.2, -0.15) is 0 Å². The first-order chi connectivity index (χ1) is 9.63. The van der Waals surface area contributed by atoms with Crippen molar-refractivity contribution in [1.29, 1.82) is 0 Å². The second-order valence-corrected chi connectivity index (χ2v) is 5.18. The summed E-state index contributed by atoms with van der Waals surface area (Å²) in [4.78, 5) is 11.4. The zero-order valence-corrected chi connectivity index (χ0v) is 12.7. The first-order valence-corrected chi connectivity index (χ1v) is 7.31. The van der Waals surface area contributed by atoms with E-state index >= 15 is 0 Å². The predicted octanol–water partition coefficient (Wildman–Crippen LogP) is 2.34. The third kappa shape index (κ3) is 6.57. The Morgan fingerprint density at radius 3 is 2.75 bits per heavy atom. The molecule has 112 valence electrons. The van der Waals surface area contributed by atoms with Crippen LogP contribution in [-0.2, 0) is 11.3 Å². The maximum atomic E-state index is 11.4. The van der Waals surface area contributed by atoms with Crippen molar-refractivity contribution in [3.05, 3.63) is 29.8 Å². The molecule has 20 heavy (non-hydrogen) atoms. The number of benzene rings is 1. The highest BCUT2D eigenvalue weighted by molar-refractivity contribution is 5.75. The topological polar surface area (TPSA) is 50.4 Å². The molecule has 2 N–H and O–H groups in total. The molecule has 0 aliphatic heterocycles. The van der Waals surface area contributed by atoms with Crippen LogP contribution in [0.2, 0.25) is 0 Å². The number of ether oxygens (including phenoxy) is 1. The Labute approximate surface area is 121 Å². The number of hydrogen-bond acceptors (Lipinski definition) is 3. The van der Waals surface area contributed by atoms with Crippen molar-refractivity contribution in [2.45, 2.75) is 33.7 Å². The molecular formula is C16H26N2O2. The normalized spacial score (nSPS) is 10.6. The van der Waals surface area contributed by atoms with Gasteiger partial charge in [0.15, 0.2) is 0 Å². The first kappa shape index (κ1) is 16.5. The molecule has 4 heteroatoms. The summed E-state index contributed by atoms with van der Waals surface area (Å²) >= 11 is 0. The first-order valence-electron chi connectivity index (χ1n) is 7.31. The summed E-state index contributed by atoms with van der Waals surface area (Å²) in [6, 6.07) is 7.95. The van der Waals surface area contributed by atoms with Crippen LogP contribution in [0.5, 0.6) is 5.75 Å². The quantitative estimate of drug-likeness (QED) is 0.729. The Morgan fingerprint density at radius 2 is 2.05 bits per heavy atom. The summed E-state index contributed by atoms with van der Waals surface area (Å²) in [5, 5.41) is 6.16. The van der Waals surface area contributed by atoms with Gasteiger partial charge in [-0.3, -0.25) is 4.79 Å². The third-order valence-electron chi connectivity index (χ3n) is 2.80. The van der Waals surface area contributed by atoms with Crippen LogP contribution in [-0.4, -0.2) is 25.6 Å². The standard InChI is InChI=1S/C16H26N2O2/c1-4-18-16(19)9-10-20-15-8-6-5-7-14(15)12-17-11-13(2)3/h5-8,13,17H,4,9-12H2,1-3H3,(H,18,19). The summed E-state index contributed by atoms with van der Waals surface area (Å²) in [5.74, 6) is 1.51. The van der Waals surface area contributed by atoms with Gasteiger partial charge in [0.25, 0.3) is 0 Å². The zero-order chi connectivity index (χ0) is 14.8. The molecule has 0 saturated heterocycles. The van der Waals surface area contributed by atoms with E-state index in [0.29, 0.717) is 25.5 Å². The highest BCUT2D eigenvalue weighted by Gasteiger charge is 2.05. The highest BCUT2D eigenvalue weighted by atomic mass is 16.5. The monoisotopic (exact) mass is 278 g/mol. The van der Waals surface area contributed by atoms with Crippen molar-refractivity contribution in [3.8, 4) is 5.75 Å². The average Bonchev–Trinajstić information content (AvgIpc) is 2.40. The molecule has 0 heterocycles. The maximum Gasteiger partial charge on any atom is 0.223 e. The summed E-state index contributed by atoms with van der Waals surface area (Å²) in [6.45, 7) is 9.11. The summed E-state index contributed by atoms with van der Waals surface area (Å²) in [7, 11) is 0. The Kier molecular flexibility index (Phi) is 7.73. The van der Waals surface area contributed by atoms with E-state index < -0.39 is 0 Å². The Morgan fingerprint density at radius 1 is 1.30 bits per heavy atom. The fourth-order valence-electron chi connectivity index (χ4n) is 1.83. The van der Waals surface area contributed by atoms with Crippen LogP contribution < -0.4 is 15.4 Å². The van der Waals surface area contributed by atoms with Crippen LogP contribution in [0.4, 0.5) is 0 Å². The molecule has 1 rings (SSSR count). The molecule has 0 radical (unpaired) electrons. The lowest BCUT2D eigenvalue weighted by atomic mass is 10.2. The predicted molar refractivity (Wildman–Crippen MR) is 81.8 cm³/mol. The van der Waals surface area contributed by atoms with Crippen molar-refractivity contribution < 1.29 is 9.53 Å². The van der Waals surface area contributed by atoms with E-state index in [1.165, 1.54) is 0 Å². The van der Waals surface area contributed by atoms with Crippen LogP contribution in [0.3, 0.4) is 0 Å². The molecule has 4 nitrogen and oxygen atoms in total. The van der Waals surface area contributed by atoms with Gasteiger partial charge < -0.3 is 15.4 Å². The lowest BCUT2D eigenvalue weighted by Crippen LogP contribution is -2.24. The van der Waals surface area contributed by atoms with E-state index in [0.717, 1.165) is 24.4 Å². The van der Waals surface area contributed by atoms with Gasteiger partial charge in [0.05, 0.1) is 13.0 Å². The molecule has 0 unspecified atom stereocenters. The third-order valence-corrected chi connectivity index (χ3v) is 2.80. The van der Waals surface area contributed by atoms with E-state index in [-0.39, 0.29) is 5.91 Å². The van der Waals surface area contributed by atoms with Crippen molar-refractivity contribution >= 4 is 5.91 Å². The van der Waals surface area contributed by atoms with Crippen LogP contribution in [0.25, 0.3) is 0 Å². The number of carbonyl (C=O) groups excluding carboxylic acids is 1. The number of para-hydroxylation sites is 1. The molecule has 0 aliphatic carbocycles. The number of nitrogens with one attached hydrogen (secondary N) is 2. The Bertz CT molecular complexity index is 405. The van der Waals surface area contributed by atoms with Crippen molar-refractivity contribution in [3.63, 3.8) is 0 Å². The minimum atomic E-state index is 0.0305. The molecule has 0 aliphatic rings. The number of rotatable bonds is 9. The lowest BCUT2D eigenvalue weighted by Gasteiger charge is -2.13. The minimum Gasteiger partial charge on any atom is -0.493 e. The molecule has 1 amide bonds. The highest BCUT2D eigenvalue weighted by Crippen LogP contribution is 2.17. The zero-order valence-electron chi connectivity index (χ0n) is 12.7. The van der Waals surface area contributed by atoms with E-state index in [4.69, 9.17) is 4.74 Å². The number of hydrogen-bond donors (Lipinski definition) is 2. The largest absolute Gasteiger partial charge is 0.493 e. The Hall–Kier alpha value is -1.55. The average molecular weight is 278 g/mol. The van der Waals surface area contributed by atoms with Crippen LogP contribution >= 0.6 is 0 Å². The summed E-state index contributed by atoms with van der Waals surface area (Å²) in [6.07, 6.45) is 0.390. The van der Waals surface area contributed by atoms with Gasteiger partial charge in [0, 0.05) is 18.7 Å². The Balaban J connectivity index is 2.42. The molecule has 0 atom stereocenters. The van der Waals surface area contributed by atoms with Gasteiger partial charge in [-0.05, 0) is 25.5 Å². The second kappa shape index (κ2) is 9.37.